The molecule has 2 aromatic rings. The summed E-state index contributed by atoms with van der Waals surface area (Å²) < 4.78 is 16.6. The maximum Gasteiger partial charge on any atom is 0.337 e. The van der Waals surface area contributed by atoms with E-state index in [-0.39, 0.29) is 30.3 Å². The standard InChI is InChI=1S/C21H22O5/c1-14(22)25-18-12-19(15-7-4-3-5-8-15)26-20(13-18)16-9-6-10-17(11-16)21(23)24-2/h3-11,18-20H,12-13H2,1-2H3. The second kappa shape index (κ2) is 8.15. The molecule has 0 aromatic heterocycles. The van der Waals surface area contributed by atoms with Gasteiger partial charge in [0.15, 0.2) is 0 Å². The van der Waals surface area contributed by atoms with Crippen LogP contribution in [0, 0.1) is 0 Å². The first-order valence-electron chi connectivity index (χ1n) is 8.62. The molecule has 0 N–H and O–H groups in total. The Kier molecular flexibility index (Phi) is 5.68. The van der Waals surface area contributed by atoms with Crippen molar-refractivity contribution in [1.82, 2.24) is 0 Å². The zero-order chi connectivity index (χ0) is 18.5. The van der Waals surface area contributed by atoms with E-state index in [4.69, 9.17) is 14.2 Å². The number of rotatable bonds is 4. The number of hydrogen-bond donors (Lipinski definition) is 0. The Morgan fingerprint density at radius 1 is 0.962 bits per heavy atom. The Morgan fingerprint density at radius 3 is 2.27 bits per heavy atom. The quantitative estimate of drug-likeness (QED) is 0.777. The summed E-state index contributed by atoms with van der Waals surface area (Å²) in [6, 6.07) is 17.1. The molecule has 0 amide bonds. The van der Waals surface area contributed by atoms with E-state index in [2.05, 4.69) is 0 Å². The molecule has 1 fully saturated rings. The molecule has 5 nitrogen and oxygen atoms in total. The third-order valence-corrected chi connectivity index (χ3v) is 4.47. The normalized spacial score (nSPS) is 22.5. The average Bonchev–Trinajstić information content (AvgIpc) is 2.67. The van der Waals surface area contributed by atoms with Gasteiger partial charge in [-0.15, -0.1) is 0 Å². The van der Waals surface area contributed by atoms with Crippen LogP contribution < -0.4 is 0 Å². The number of hydrogen-bond acceptors (Lipinski definition) is 5. The molecule has 0 spiro atoms. The molecule has 1 aliphatic heterocycles. The molecular weight excluding hydrogens is 332 g/mol. The van der Waals surface area contributed by atoms with Crippen LogP contribution in [-0.4, -0.2) is 25.2 Å². The van der Waals surface area contributed by atoms with Crippen molar-refractivity contribution in [3.05, 3.63) is 71.3 Å². The molecule has 3 rings (SSSR count). The highest BCUT2D eigenvalue weighted by molar-refractivity contribution is 5.89. The Labute approximate surface area is 152 Å². The van der Waals surface area contributed by atoms with E-state index >= 15 is 0 Å². The first-order chi connectivity index (χ1) is 12.6. The van der Waals surface area contributed by atoms with Gasteiger partial charge in [-0.2, -0.15) is 0 Å². The summed E-state index contributed by atoms with van der Waals surface area (Å²) in [5.41, 5.74) is 2.38. The minimum atomic E-state index is -0.390. The lowest BCUT2D eigenvalue weighted by Gasteiger charge is -2.35. The highest BCUT2D eigenvalue weighted by atomic mass is 16.6. The first-order valence-corrected chi connectivity index (χ1v) is 8.62. The van der Waals surface area contributed by atoms with E-state index in [0.717, 1.165) is 11.1 Å². The molecule has 0 saturated carbocycles. The highest BCUT2D eigenvalue weighted by Crippen LogP contribution is 2.40. The fraction of sp³-hybridized carbons (Fsp3) is 0.333. The van der Waals surface area contributed by atoms with Crippen LogP contribution in [0.1, 0.15) is 53.5 Å². The van der Waals surface area contributed by atoms with Gasteiger partial charge in [0.1, 0.15) is 6.10 Å². The van der Waals surface area contributed by atoms with Gasteiger partial charge in [0.25, 0.3) is 0 Å². The molecule has 1 saturated heterocycles. The highest BCUT2D eigenvalue weighted by Gasteiger charge is 2.33. The van der Waals surface area contributed by atoms with Crippen LogP contribution in [0.4, 0.5) is 0 Å². The average molecular weight is 354 g/mol. The van der Waals surface area contributed by atoms with E-state index in [0.29, 0.717) is 18.4 Å². The van der Waals surface area contributed by atoms with Crippen LogP contribution in [0.2, 0.25) is 0 Å². The van der Waals surface area contributed by atoms with Crippen LogP contribution in [0.25, 0.3) is 0 Å². The third-order valence-electron chi connectivity index (χ3n) is 4.47. The van der Waals surface area contributed by atoms with Crippen LogP contribution in [-0.2, 0) is 19.0 Å². The number of benzene rings is 2. The summed E-state index contributed by atoms with van der Waals surface area (Å²) in [4.78, 5) is 23.3. The van der Waals surface area contributed by atoms with Crippen molar-refractivity contribution in [2.24, 2.45) is 0 Å². The van der Waals surface area contributed by atoms with Gasteiger partial charge >= 0.3 is 11.9 Å². The molecule has 3 unspecified atom stereocenters. The molecule has 136 valence electrons. The Bertz CT molecular complexity index is 771. The third kappa shape index (κ3) is 4.29. The summed E-state index contributed by atoms with van der Waals surface area (Å²) in [5, 5.41) is 0. The zero-order valence-corrected chi connectivity index (χ0v) is 14.9. The number of carbonyl (C=O) groups is 2. The van der Waals surface area contributed by atoms with Gasteiger partial charge in [0.2, 0.25) is 0 Å². The molecular formula is C21H22O5. The number of methoxy groups -OCH3 is 1. The van der Waals surface area contributed by atoms with Crippen molar-refractivity contribution in [2.75, 3.05) is 7.11 Å². The lowest BCUT2D eigenvalue weighted by molar-refractivity contribution is -0.160. The fourth-order valence-electron chi connectivity index (χ4n) is 3.29. The predicted octanol–water partition coefficient (Wildman–Crippen LogP) is 4.00. The summed E-state index contributed by atoms with van der Waals surface area (Å²) in [7, 11) is 1.36. The predicted molar refractivity (Wildman–Crippen MR) is 95.6 cm³/mol. The summed E-state index contributed by atoms with van der Waals surface area (Å²) in [5.74, 6) is -0.690. The Hall–Kier alpha value is -2.66. The van der Waals surface area contributed by atoms with Crippen molar-refractivity contribution >= 4 is 11.9 Å². The SMILES string of the molecule is COC(=O)c1cccc(C2CC(OC(C)=O)CC(c3ccccc3)O2)c1. The van der Waals surface area contributed by atoms with Crippen LogP contribution >= 0.6 is 0 Å². The topological polar surface area (TPSA) is 61.8 Å². The van der Waals surface area contributed by atoms with E-state index in [1.807, 2.05) is 36.4 Å². The van der Waals surface area contributed by atoms with E-state index < -0.39 is 0 Å². The Morgan fingerprint density at radius 2 is 1.62 bits per heavy atom. The number of esters is 2. The van der Waals surface area contributed by atoms with Gasteiger partial charge in [-0.25, -0.2) is 4.79 Å². The number of carbonyl (C=O) groups excluding carboxylic acids is 2. The van der Waals surface area contributed by atoms with Crippen molar-refractivity contribution in [2.45, 2.75) is 38.1 Å². The molecule has 1 heterocycles. The zero-order valence-electron chi connectivity index (χ0n) is 14.9. The fourth-order valence-corrected chi connectivity index (χ4v) is 3.29. The van der Waals surface area contributed by atoms with Crippen molar-refractivity contribution < 1.29 is 23.8 Å². The van der Waals surface area contributed by atoms with Gasteiger partial charge in [-0.3, -0.25) is 4.79 Å². The minimum absolute atomic E-state index is 0.180. The largest absolute Gasteiger partial charge is 0.465 e. The molecule has 5 heteroatoms. The van der Waals surface area contributed by atoms with Gasteiger partial charge in [-0.05, 0) is 23.3 Å². The minimum Gasteiger partial charge on any atom is -0.465 e. The van der Waals surface area contributed by atoms with Gasteiger partial charge in [0.05, 0.1) is 24.9 Å². The summed E-state index contributed by atoms with van der Waals surface area (Å²) in [6.45, 7) is 1.42. The molecule has 0 aliphatic carbocycles. The van der Waals surface area contributed by atoms with Crippen molar-refractivity contribution in [3.8, 4) is 0 Å². The summed E-state index contributed by atoms with van der Waals surface area (Å²) in [6.07, 6.45) is 0.465. The molecule has 0 bridgehead atoms. The second-order valence-corrected chi connectivity index (χ2v) is 6.34. The van der Waals surface area contributed by atoms with Crippen LogP contribution in [0.15, 0.2) is 54.6 Å². The van der Waals surface area contributed by atoms with E-state index in [9.17, 15) is 9.59 Å². The summed E-state index contributed by atoms with van der Waals surface area (Å²) >= 11 is 0. The van der Waals surface area contributed by atoms with E-state index in [1.165, 1.54) is 14.0 Å². The maximum absolute atomic E-state index is 11.8. The van der Waals surface area contributed by atoms with Crippen LogP contribution in [0.5, 0.6) is 0 Å². The molecule has 0 radical (unpaired) electrons. The molecule has 1 aliphatic rings. The lowest BCUT2D eigenvalue weighted by Crippen LogP contribution is -2.30. The van der Waals surface area contributed by atoms with Crippen LogP contribution in [0.3, 0.4) is 0 Å². The first kappa shape index (κ1) is 18.1. The monoisotopic (exact) mass is 354 g/mol. The lowest BCUT2D eigenvalue weighted by atomic mass is 9.92. The Balaban J connectivity index is 1.87. The molecule has 2 aromatic carbocycles. The molecule has 26 heavy (non-hydrogen) atoms. The van der Waals surface area contributed by atoms with Crippen molar-refractivity contribution in [3.63, 3.8) is 0 Å². The van der Waals surface area contributed by atoms with Gasteiger partial charge in [-0.1, -0.05) is 42.5 Å². The maximum atomic E-state index is 11.8. The van der Waals surface area contributed by atoms with Crippen molar-refractivity contribution in [1.29, 1.82) is 0 Å². The second-order valence-electron chi connectivity index (χ2n) is 6.34. The van der Waals surface area contributed by atoms with Gasteiger partial charge in [0, 0.05) is 19.8 Å². The van der Waals surface area contributed by atoms with Gasteiger partial charge < -0.3 is 14.2 Å². The number of ether oxygens (including phenoxy) is 3. The van der Waals surface area contributed by atoms with E-state index in [1.54, 1.807) is 18.2 Å². The smallest absolute Gasteiger partial charge is 0.337 e. The molecule has 3 atom stereocenters.